The van der Waals surface area contributed by atoms with Gasteiger partial charge in [0.2, 0.25) is 0 Å². The molecule has 0 radical (unpaired) electrons. The Labute approximate surface area is 147 Å². The van der Waals surface area contributed by atoms with Crippen LogP contribution in [0.25, 0.3) is 21.9 Å². The van der Waals surface area contributed by atoms with Gasteiger partial charge in [0.25, 0.3) is 0 Å². The Morgan fingerprint density at radius 2 is 1.88 bits per heavy atom. The third kappa shape index (κ3) is 3.94. The van der Waals surface area contributed by atoms with Gasteiger partial charge in [-0.15, -0.1) is 0 Å². The molecule has 0 atom stereocenters. The quantitative estimate of drug-likeness (QED) is 0.618. The lowest BCUT2D eigenvalue weighted by atomic mass is 10.1. The van der Waals surface area contributed by atoms with E-state index in [1.165, 1.54) is 0 Å². The second-order valence-corrected chi connectivity index (χ2v) is 6.16. The smallest absolute Gasteiger partial charge is 0.321 e. The van der Waals surface area contributed by atoms with Gasteiger partial charge in [-0.1, -0.05) is 38.0 Å². The number of carbonyl (C=O) groups is 1. The summed E-state index contributed by atoms with van der Waals surface area (Å²) in [6.45, 7) is 3.07. The molecule has 2 amide bonds. The van der Waals surface area contributed by atoms with Gasteiger partial charge in [-0.2, -0.15) is 0 Å². The first-order chi connectivity index (χ1) is 12.2. The van der Waals surface area contributed by atoms with Crippen molar-refractivity contribution >= 4 is 33.7 Å². The first-order valence-electron chi connectivity index (χ1n) is 8.81. The minimum Gasteiger partial charge on any atom is -0.456 e. The Morgan fingerprint density at radius 1 is 1.08 bits per heavy atom. The van der Waals surface area contributed by atoms with Gasteiger partial charge in [0.15, 0.2) is 0 Å². The van der Waals surface area contributed by atoms with E-state index in [1.54, 1.807) is 4.90 Å². The van der Waals surface area contributed by atoms with E-state index in [2.05, 4.69) is 12.2 Å². The molecule has 5 heteroatoms. The summed E-state index contributed by atoms with van der Waals surface area (Å²) in [6, 6.07) is 13.4. The van der Waals surface area contributed by atoms with Gasteiger partial charge in [-0.3, -0.25) is 0 Å². The number of carbonyl (C=O) groups excluding carboxylic acids is 1. The van der Waals surface area contributed by atoms with Crippen LogP contribution in [0.1, 0.15) is 26.2 Å². The fourth-order valence-corrected chi connectivity index (χ4v) is 2.99. The summed E-state index contributed by atoms with van der Waals surface area (Å²) in [5, 5.41) is 14.2. The van der Waals surface area contributed by atoms with Crippen molar-refractivity contribution in [3.05, 3.63) is 42.5 Å². The van der Waals surface area contributed by atoms with Crippen LogP contribution in [0, 0.1) is 0 Å². The maximum atomic E-state index is 12.5. The molecule has 0 aliphatic carbocycles. The van der Waals surface area contributed by atoms with Gasteiger partial charge >= 0.3 is 6.03 Å². The SMILES string of the molecule is CCCCCN(CCO)C(=O)Nc1ccc2c(c1)oc1ccccc12. The number of rotatable bonds is 7. The molecule has 1 heterocycles. The van der Waals surface area contributed by atoms with Gasteiger partial charge in [-0.25, -0.2) is 4.79 Å². The average Bonchev–Trinajstić information content (AvgIpc) is 2.98. The van der Waals surface area contributed by atoms with E-state index in [4.69, 9.17) is 4.42 Å². The van der Waals surface area contributed by atoms with E-state index in [1.807, 2.05) is 42.5 Å². The number of urea groups is 1. The molecular weight excluding hydrogens is 316 g/mol. The van der Waals surface area contributed by atoms with Crippen LogP contribution in [0.4, 0.5) is 10.5 Å². The minimum atomic E-state index is -0.194. The highest BCUT2D eigenvalue weighted by atomic mass is 16.3. The molecule has 0 unspecified atom stereocenters. The van der Waals surface area contributed by atoms with E-state index < -0.39 is 0 Å². The molecule has 0 spiro atoms. The number of nitrogens with one attached hydrogen (secondary N) is 1. The van der Waals surface area contributed by atoms with Gasteiger partial charge in [0, 0.05) is 35.6 Å². The molecule has 1 aromatic heterocycles. The van der Waals surface area contributed by atoms with E-state index in [9.17, 15) is 9.90 Å². The Balaban J connectivity index is 1.76. The lowest BCUT2D eigenvalue weighted by molar-refractivity contribution is 0.187. The standard InChI is InChI=1S/C20H24N2O3/c1-2-3-6-11-22(12-13-23)20(24)21-15-9-10-17-16-7-4-5-8-18(16)25-19(17)14-15/h4-5,7-10,14,23H,2-3,6,11-13H2,1H3,(H,21,24). The average molecular weight is 340 g/mol. The highest BCUT2D eigenvalue weighted by Gasteiger charge is 2.14. The Morgan fingerprint density at radius 3 is 2.68 bits per heavy atom. The van der Waals surface area contributed by atoms with Crippen LogP contribution in [0.2, 0.25) is 0 Å². The van der Waals surface area contributed by atoms with Crippen LogP contribution in [-0.2, 0) is 0 Å². The van der Waals surface area contributed by atoms with Crippen molar-refractivity contribution in [3.63, 3.8) is 0 Å². The summed E-state index contributed by atoms with van der Waals surface area (Å²) in [7, 11) is 0. The van der Waals surface area contributed by atoms with Crippen molar-refractivity contribution in [1.82, 2.24) is 4.90 Å². The van der Waals surface area contributed by atoms with Gasteiger partial charge in [-0.05, 0) is 24.6 Å². The Kier molecular flexibility index (Phi) is 5.56. The molecule has 2 aromatic carbocycles. The molecule has 5 nitrogen and oxygen atoms in total. The van der Waals surface area contributed by atoms with Crippen molar-refractivity contribution in [1.29, 1.82) is 0 Å². The van der Waals surface area contributed by atoms with E-state index >= 15 is 0 Å². The number of hydrogen-bond acceptors (Lipinski definition) is 3. The van der Waals surface area contributed by atoms with Crippen LogP contribution in [0.5, 0.6) is 0 Å². The van der Waals surface area contributed by atoms with Gasteiger partial charge in [0.1, 0.15) is 11.2 Å². The Hall–Kier alpha value is -2.53. The molecule has 0 fully saturated rings. The Bertz CT molecular complexity index is 856. The lowest BCUT2D eigenvalue weighted by Crippen LogP contribution is -2.37. The third-order valence-corrected chi connectivity index (χ3v) is 4.32. The largest absolute Gasteiger partial charge is 0.456 e. The predicted octanol–water partition coefficient (Wildman–Crippen LogP) is 4.60. The maximum Gasteiger partial charge on any atom is 0.321 e. The van der Waals surface area contributed by atoms with Gasteiger partial charge in [0.05, 0.1) is 6.61 Å². The van der Waals surface area contributed by atoms with Crippen LogP contribution < -0.4 is 5.32 Å². The molecule has 25 heavy (non-hydrogen) atoms. The summed E-state index contributed by atoms with van der Waals surface area (Å²) in [4.78, 5) is 14.1. The van der Waals surface area contributed by atoms with Crippen molar-refractivity contribution in [3.8, 4) is 0 Å². The van der Waals surface area contributed by atoms with E-state index in [0.717, 1.165) is 41.2 Å². The molecule has 132 valence electrons. The molecule has 0 aliphatic heterocycles. The highest BCUT2D eigenvalue weighted by molar-refractivity contribution is 6.06. The molecule has 3 rings (SSSR count). The van der Waals surface area contributed by atoms with Crippen molar-refractivity contribution in [2.24, 2.45) is 0 Å². The first kappa shape index (κ1) is 17.3. The number of hydrogen-bond donors (Lipinski definition) is 2. The first-order valence-corrected chi connectivity index (χ1v) is 8.81. The second-order valence-electron chi connectivity index (χ2n) is 6.16. The number of aliphatic hydroxyl groups is 1. The van der Waals surface area contributed by atoms with Crippen LogP contribution in [0.15, 0.2) is 46.9 Å². The number of aliphatic hydroxyl groups excluding tert-OH is 1. The molecular formula is C20H24N2O3. The number of nitrogens with zero attached hydrogens (tertiary/aromatic N) is 1. The number of unbranched alkanes of at least 4 members (excludes halogenated alkanes) is 2. The summed E-state index contributed by atoms with van der Waals surface area (Å²) in [5.41, 5.74) is 2.27. The van der Waals surface area contributed by atoms with Crippen LogP contribution in [-0.4, -0.2) is 35.7 Å². The maximum absolute atomic E-state index is 12.5. The van der Waals surface area contributed by atoms with Crippen molar-refractivity contribution in [2.75, 3.05) is 25.0 Å². The molecule has 0 bridgehead atoms. The second kappa shape index (κ2) is 8.03. The zero-order chi connectivity index (χ0) is 17.6. The summed E-state index contributed by atoms with van der Waals surface area (Å²) in [5.74, 6) is 0. The van der Waals surface area contributed by atoms with Crippen molar-refractivity contribution in [2.45, 2.75) is 26.2 Å². The lowest BCUT2D eigenvalue weighted by Gasteiger charge is -2.22. The van der Waals surface area contributed by atoms with Crippen LogP contribution >= 0.6 is 0 Å². The topological polar surface area (TPSA) is 65.7 Å². The number of benzene rings is 2. The molecule has 2 N–H and O–H groups in total. The zero-order valence-corrected chi connectivity index (χ0v) is 14.5. The molecule has 0 saturated heterocycles. The van der Waals surface area contributed by atoms with Crippen molar-refractivity contribution < 1.29 is 14.3 Å². The summed E-state index contributed by atoms with van der Waals surface area (Å²) >= 11 is 0. The minimum absolute atomic E-state index is 0.0395. The highest BCUT2D eigenvalue weighted by Crippen LogP contribution is 2.30. The summed E-state index contributed by atoms with van der Waals surface area (Å²) < 4.78 is 5.86. The third-order valence-electron chi connectivity index (χ3n) is 4.32. The van der Waals surface area contributed by atoms with Gasteiger partial charge < -0.3 is 19.7 Å². The van der Waals surface area contributed by atoms with E-state index in [0.29, 0.717) is 18.8 Å². The number of fused-ring (bicyclic) bond motifs is 3. The number of para-hydroxylation sites is 1. The fourth-order valence-electron chi connectivity index (χ4n) is 2.99. The molecule has 0 saturated carbocycles. The fraction of sp³-hybridized carbons (Fsp3) is 0.350. The van der Waals surface area contributed by atoms with E-state index in [-0.39, 0.29) is 12.6 Å². The summed E-state index contributed by atoms with van der Waals surface area (Å²) in [6.07, 6.45) is 3.10. The molecule has 3 aromatic rings. The predicted molar refractivity (Wildman–Crippen MR) is 101 cm³/mol. The number of anilines is 1. The zero-order valence-electron chi connectivity index (χ0n) is 14.5. The monoisotopic (exact) mass is 340 g/mol. The van der Waals surface area contributed by atoms with Crippen LogP contribution in [0.3, 0.4) is 0 Å². The molecule has 0 aliphatic rings. The normalized spacial score (nSPS) is 11.1. The number of furan rings is 1. The number of amides is 2.